The lowest BCUT2D eigenvalue weighted by atomic mass is 10.2. The van der Waals surface area contributed by atoms with Crippen LogP contribution in [0.1, 0.15) is 0 Å². The van der Waals surface area contributed by atoms with Crippen LogP contribution in [0.5, 0.6) is 0 Å². The Bertz CT molecular complexity index is 171. The minimum Gasteiger partial charge on any atom is -0.378 e. The molecule has 2 heterocycles. The van der Waals surface area contributed by atoms with Gasteiger partial charge in [-0.3, -0.25) is 9.80 Å². The summed E-state index contributed by atoms with van der Waals surface area (Å²) in [5, 5.41) is 3.38. The third-order valence-corrected chi connectivity index (χ3v) is 3.20. The molecule has 1 N–H and O–H groups in total. The molecule has 0 radical (unpaired) electrons. The summed E-state index contributed by atoms with van der Waals surface area (Å²) in [6, 6.07) is 0.599. The van der Waals surface area contributed by atoms with Gasteiger partial charge in [0.2, 0.25) is 0 Å². The summed E-state index contributed by atoms with van der Waals surface area (Å²) in [6.45, 7) is 8.69. The van der Waals surface area contributed by atoms with E-state index in [0.717, 1.165) is 39.4 Å². The van der Waals surface area contributed by atoms with Gasteiger partial charge in [0.1, 0.15) is 0 Å². The number of hydrogen-bond acceptors (Lipinski definition) is 4. The molecule has 0 saturated carbocycles. The molecule has 0 aromatic rings. The lowest BCUT2D eigenvalue weighted by Crippen LogP contribution is -2.53. The van der Waals surface area contributed by atoms with Crippen molar-refractivity contribution in [3.63, 3.8) is 0 Å². The number of piperazine rings is 1. The van der Waals surface area contributed by atoms with Gasteiger partial charge in [0.25, 0.3) is 0 Å². The Balaban J connectivity index is 1.76. The van der Waals surface area contributed by atoms with E-state index >= 15 is 0 Å². The van der Waals surface area contributed by atoms with Gasteiger partial charge >= 0.3 is 0 Å². The van der Waals surface area contributed by atoms with E-state index in [-0.39, 0.29) is 0 Å². The van der Waals surface area contributed by atoms with Gasteiger partial charge < -0.3 is 10.1 Å². The number of ether oxygens (including phenoxy) is 1. The molecule has 14 heavy (non-hydrogen) atoms. The highest BCUT2D eigenvalue weighted by Gasteiger charge is 2.22. The molecular formula is C10H21N3O. The number of nitrogens with one attached hydrogen (secondary N) is 1. The number of nitrogens with zero attached hydrogens (tertiary/aromatic N) is 2. The zero-order valence-electron chi connectivity index (χ0n) is 9.04. The SMILES string of the molecule is CN1CCOC[C@@H]1CN1CCNCC1. The van der Waals surface area contributed by atoms with Gasteiger partial charge in [-0.2, -0.15) is 0 Å². The van der Waals surface area contributed by atoms with Crippen molar-refractivity contribution in [2.45, 2.75) is 6.04 Å². The largest absolute Gasteiger partial charge is 0.378 e. The van der Waals surface area contributed by atoms with Crippen molar-refractivity contribution in [2.75, 3.05) is 59.5 Å². The highest BCUT2D eigenvalue weighted by Crippen LogP contribution is 2.06. The van der Waals surface area contributed by atoms with Crippen LogP contribution in [0.4, 0.5) is 0 Å². The molecule has 0 aliphatic carbocycles. The Morgan fingerprint density at radius 1 is 1.29 bits per heavy atom. The summed E-state index contributed by atoms with van der Waals surface area (Å²) < 4.78 is 5.51. The first-order chi connectivity index (χ1) is 6.86. The van der Waals surface area contributed by atoms with E-state index in [2.05, 4.69) is 22.2 Å². The van der Waals surface area contributed by atoms with Gasteiger partial charge in [0, 0.05) is 45.3 Å². The second kappa shape index (κ2) is 5.07. The molecule has 4 nitrogen and oxygen atoms in total. The fourth-order valence-corrected chi connectivity index (χ4v) is 2.12. The average molecular weight is 199 g/mol. The van der Waals surface area contributed by atoms with E-state index in [4.69, 9.17) is 4.74 Å². The van der Waals surface area contributed by atoms with E-state index in [0.29, 0.717) is 6.04 Å². The standard InChI is InChI=1S/C10H21N3O/c1-12-6-7-14-9-10(12)8-13-4-2-11-3-5-13/h10-11H,2-9H2,1H3/t10-/m0/s1. The van der Waals surface area contributed by atoms with Crippen LogP contribution >= 0.6 is 0 Å². The fraction of sp³-hybridized carbons (Fsp3) is 1.00. The Morgan fingerprint density at radius 2 is 2.07 bits per heavy atom. The highest BCUT2D eigenvalue weighted by atomic mass is 16.5. The zero-order chi connectivity index (χ0) is 9.80. The molecule has 82 valence electrons. The Kier molecular flexibility index (Phi) is 3.75. The lowest BCUT2D eigenvalue weighted by Gasteiger charge is -2.37. The predicted octanol–water partition coefficient (Wildman–Crippen LogP) is -0.778. The van der Waals surface area contributed by atoms with Crippen LogP contribution in [0.3, 0.4) is 0 Å². The summed E-state index contributed by atoms with van der Waals surface area (Å²) in [5.41, 5.74) is 0. The predicted molar refractivity (Wildman–Crippen MR) is 56.5 cm³/mol. The van der Waals surface area contributed by atoms with Crippen LogP contribution in [0.2, 0.25) is 0 Å². The van der Waals surface area contributed by atoms with Crippen molar-refractivity contribution in [2.24, 2.45) is 0 Å². The van der Waals surface area contributed by atoms with Crippen molar-refractivity contribution < 1.29 is 4.74 Å². The first-order valence-electron chi connectivity index (χ1n) is 5.57. The second-order valence-corrected chi connectivity index (χ2v) is 4.26. The molecule has 0 spiro atoms. The average Bonchev–Trinajstić information content (AvgIpc) is 2.23. The number of rotatable bonds is 2. The van der Waals surface area contributed by atoms with Crippen molar-refractivity contribution in [3.8, 4) is 0 Å². The minimum absolute atomic E-state index is 0.599. The fourth-order valence-electron chi connectivity index (χ4n) is 2.12. The Morgan fingerprint density at radius 3 is 2.79 bits per heavy atom. The molecular weight excluding hydrogens is 178 g/mol. The summed E-state index contributed by atoms with van der Waals surface area (Å²) in [7, 11) is 2.20. The third kappa shape index (κ3) is 2.67. The zero-order valence-corrected chi connectivity index (χ0v) is 9.04. The van der Waals surface area contributed by atoms with Crippen LogP contribution < -0.4 is 5.32 Å². The van der Waals surface area contributed by atoms with Crippen molar-refractivity contribution >= 4 is 0 Å². The second-order valence-electron chi connectivity index (χ2n) is 4.26. The van der Waals surface area contributed by atoms with Crippen LogP contribution in [0.25, 0.3) is 0 Å². The van der Waals surface area contributed by atoms with Crippen molar-refractivity contribution in [3.05, 3.63) is 0 Å². The van der Waals surface area contributed by atoms with Gasteiger partial charge in [0.05, 0.1) is 13.2 Å². The molecule has 2 saturated heterocycles. The normalized spacial score (nSPS) is 31.9. The van der Waals surface area contributed by atoms with Gasteiger partial charge in [-0.15, -0.1) is 0 Å². The van der Waals surface area contributed by atoms with E-state index in [1.54, 1.807) is 0 Å². The monoisotopic (exact) mass is 199 g/mol. The third-order valence-electron chi connectivity index (χ3n) is 3.20. The molecule has 2 rings (SSSR count). The summed E-state index contributed by atoms with van der Waals surface area (Å²) in [4.78, 5) is 4.96. The van der Waals surface area contributed by atoms with Gasteiger partial charge in [-0.1, -0.05) is 0 Å². The minimum atomic E-state index is 0.599. The molecule has 0 aromatic carbocycles. The van der Waals surface area contributed by atoms with Crippen LogP contribution in [0.15, 0.2) is 0 Å². The molecule has 2 aliphatic heterocycles. The first kappa shape index (κ1) is 10.4. The Labute approximate surface area is 86.2 Å². The molecule has 2 aliphatic rings. The number of hydrogen-bond donors (Lipinski definition) is 1. The maximum Gasteiger partial charge on any atom is 0.0634 e. The quantitative estimate of drug-likeness (QED) is 0.631. The van der Waals surface area contributed by atoms with E-state index < -0.39 is 0 Å². The molecule has 0 bridgehead atoms. The summed E-state index contributed by atoms with van der Waals surface area (Å²) in [5.74, 6) is 0. The molecule has 1 atom stereocenters. The van der Waals surface area contributed by atoms with Crippen LogP contribution in [-0.2, 0) is 4.74 Å². The molecule has 0 amide bonds. The molecule has 2 fully saturated rings. The molecule has 4 heteroatoms. The van der Waals surface area contributed by atoms with Gasteiger partial charge in [0.15, 0.2) is 0 Å². The molecule has 0 unspecified atom stereocenters. The summed E-state index contributed by atoms with van der Waals surface area (Å²) in [6.07, 6.45) is 0. The maximum atomic E-state index is 5.51. The van der Waals surface area contributed by atoms with Crippen LogP contribution in [-0.4, -0.2) is 75.4 Å². The number of likely N-dealkylation sites (N-methyl/N-ethyl adjacent to an activating group) is 1. The number of morpholine rings is 1. The molecule has 0 aromatic heterocycles. The first-order valence-corrected chi connectivity index (χ1v) is 5.57. The smallest absolute Gasteiger partial charge is 0.0634 e. The lowest BCUT2D eigenvalue weighted by molar-refractivity contribution is -0.00847. The van der Waals surface area contributed by atoms with Crippen molar-refractivity contribution in [1.29, 1.82) is 0 Å². The van der Waals surface area contributed by atoms with Crippen molar-refractivity contribution in [1.82, 2.24) is 15.1 Å². The highest BCUT2D eigenvalue weighted by molar-refractivity contribution is 4.78. The maximum absolute atomic E-state index is 5.51. The summed E-state index contributed by atoms with van der Waals surface area (Å²) >= 11 is 0. The van der Waals surface area contributed by atoms with E-state index in [9.17, 15) is 0 Å². The van der Waals surface area contributed by atoms with E-state index in [1.807, 2.05) is 0 Å². The van der Waals surface area contributed by atoms with Gasteiger partial charge in [-0.25, -0.2) is 0 Å². The Hall–Kier alpha value is -0.160. The van der Waals surface area contributed by atoms with Gasteiger partial charge in [-0.05, 0) is 7.05 Å². The van der Waals surface area contributed by atoms with Crippen LogP contribution in [0, 0.1) is 0 Å². The topological polar surface area (TPSA) is 27.7 Å². The van der Waals surface area contributed by atoms with E-state index in [1.165, 1.54) is 13.1 Å².